The topological polar surface area (TPSA) is 63.8 Å². The molecular weight excluding hydrogens is 236 g/mol. The number of nitrogens with zero attached hydrogens (tertiary/aromatic N) is 2. The minimum atomic E-state index is 0.583. The summed E-state index contributed by atoms with van der Waals surface area (Å²) >= 11 is 0. The molecule has 1 aromatic carbocycles. The third-order valence-corrected chi connectivity index (χ3v) is 3.37. The molecule has 2 aromatic rings. The normalized spacial score (nSPS) is 14.5. The lowest BCUT2D eigenvalue weighted by molar-refractivity contribution is 0.990. The van der Waals surface area contributed by atoms with Crippen molar-refractivity contribution in [3.8, 4) is 11.4 Å². The lowest BCUT2D eigenvalue weighted by Gasteiger charge is -2.08. The molecule has 0 aliphatic heterocycles. The lowest BCUT2D eigenvalue weighted by atomic mass is 10.1. The number of nitrogens with two attached hydrogens (primary N) is 1. The monoisotopic (exact) mass is 254 g/mol. The summed E-state index contributed by atoms with van der Waals surface area (Å²) in [7, 11) is 0. The Morgan fingerprint density at radius 1 is 1.05 bits per heavy atom. The van der Waals surface area contributed by atoms with Crippen LogP contribution in [0.4, 0.5) is 5.82 Å². The molecule has 0 radical (unpaired) electrons. The van der Waals surface area contributed by atoms with Crippen LogP contribution in [0.5, 0.6) is 0 Å². The molecule has 0 amide bonds. The van der Waals surface area contributed by atoms with E-state index >= 15 is 0 Å². The zero-order valence-electron chi connectivity index (χ0n) is 11.3. The molecule has 3 N–H and O–H groups in total. The molecule has 1 heterocycles. The first-order chi connectivity index (χ1) is 9.15. The van der Waals surface area contributed by atoms with E-state index < -0.39 is 0 Å². The fraction of sp³-hybridized carbons (Fsp3) is 0.333. The molecule has 0 atom stereocenters. The van der Waals surface area contributed by atoms with Crippen molar-refractivity contribution in [3.63, 3.8) is 0 Å². The zero-order chi connectivity index (χ0) is 13.4. The van der Waals surface area contributed by atoms with Gasteiger partial charge in [-0.15, -0.1) is 0 Å². The van der Waals surface area contributed by atoms with Crippen molar-refractivity contribution in [1.82, 2.24) is 9.97 Å². The molecule has 1 aliphatic rings. The average molecular weight is 254 g/mol. The van der Waals surface area contributed by atoms with Crippen LogP contribution in [0.1, 0.15) is 35.6 Å². The number of nitrogen functional groups attached to an aromatic ring is 1. The van der Waals surface area contributed by atoms with Gasteiger partial charge >= 0.3 is 0 Å². The van der Waals surface area contributed by atoms with Crippen LogP contribution in [0.15, 0.2) is 24.3 Å². The standard InChI is InChI=1S/C15H18N4/c1-9-5-10(2)7-12(6-9)15-17-13(11-3-4-11)8-14(18-15)19-16/h5-8,11H,3-4,16H2,1-2H3,(H,17,18,19). The Bertz CT molecular complexity index is 597. The second-order valence-corrected chi connectivity index (χ2v) is 5.30. The quantitative estimate of drug-likeness (QED) is 0.653. The Morgan fingerprint density at radius 2 is 1.74 bits per heavy atom. The molecule has 98 valence electrons. The number of nitrogens with one attached hydrogen (secondary N) is 1. The number of benzene rings is 1. The number of anilines is 1. The summed E-state index contributed by atoms with van der Waals surface area (Å²) in [4.78, 5) is 9.16. The van der Waals surface area contributed by atoms with Gasteiger partial charge in [-0.2, -0.15) is 0 Å². The van der Waals surface area contributed by atoms with E-state index in [0.717, 1.165) is 17.1 Å². The molecule has 0 bridgehead atoms. The summed E-state index contributed by atoms with van der Waals surface area (Å²) in [5.41, 5.74) is 7.23. The molecule has 4 heteroatoms. The molecule has 1 aliphatic carbocycles. The van der Waals surface area contributed by atoms with Crippen LogP contribution in [0.25, 0.3) is 11.4 Å². The summed E-state index contributed by atoms with van der Waals surface area (Å²) < 4.78 is 0. The van der Waals surface area contributed by atoms with Gasteiger partial charge < -0.3 is 5.43 Å². The van der Waals surface area contributed by atoms with Gasteiger partial charge in [0.1, 0.15) is 5.82 Å². The highest BCUT2D eigenvalue weighted by molar-refractivity contribution is 5.60. The first-order valence-electron chi connectivity index (χ1n) is 6.60. The number of aromatic nitrogens is 2. The van der Waals surface area contributed by atoms with Crippen molar-refractivity contribution >= 4 is 5.82 Å². The van der Waals surface area contributed by atoms with E-state index in [9.17, 15) is 0 Å². The van der Waals surface area contributed by atoms with Crippen molar-refractivity contribution in [2.45, 2.75) is 32.6 Å². The highest BCUT2D eigenvalue weighted by Gasteiger charge is 2.26. The number of hydrogen-bond donors (Lipinski definition) is 2. The Labute approximate surface area is 113 Å². The molecule has 0 saturated heterocycles. The van der Waals surface area contributed by atoms with Crippen LogP contribution in [0.2, 0.25) is 0 Å². The highest BCUT2D eigenvalue weighted by atomic mass is 15.3. The van der Waals surface area contributed by atoms with E-state index in [0.29, 0.717) is 11.7 Å². The highest BCUT2D eigenvalue weighted by Crippen LogP contribution is 2.40. The minimum Gasteiger partial charge on any atom is -0.308 e. The van der Waals surface area contributed by atoms with Crippen molar-refractivity contribution < 1.29 is 0 Å². The Balaban J connectivity index is 2.09. The Morgan fingerprint density at radius 3 is 2.32 bits per heavy atom. The first-order valence-corrected chi connectivity index (χ1v) is 6.60. The molecule has 4 nitrogen and oxygen atoms in total. The van der Waals surface area contributed by atoms with Gasteiger partial charge in [-0.1, -0.05) is 17.2 Å². The largest absolute Gasteiger partial charge is 0.308 e. The van der Waals surface area contributed by atoms with Crippen molar-refractivity contribution in [3.05, 3.63) is 41.1 Å². The van der Waals surface area contributed by atoms with Crippen LogP contribution >= 0.6 is 0 Å². The Kier molecular flexibility index (Phi) is 2.95. The fourth-order valence-electron chi connectivity index (χ4n) is 2.36. The number of hydrogen-bond acceptors (Lipinski definition) is 4. The molecule has 1 aromatic heterocycles. The van der Waals surface area contributed by atoms with E-state index in [2.05, 4.69) is 47.4 Å². The van der Waals surface area contributed by atoms with Crippen molar-refractivity contribution in [2.24, 2.45) is 5.84 Å². The Hall–Kier alpha value is -1.94. The summed E-state index contributed by atoms with van der Waals surface area (Å²) in [5, 5.41) is 0. The van der Waals surface area contributed by atoms with Gasteiger partial charge in [0.15, 0.2) is 5.82 Å². The second-order valence-electron chi connectivity index (χ2n) is 5.30. The second kappa shape index (κ2) is 4.63. The fourth-order valence-corrected chi connectivity index (χ4v) is 2.36. The lowest BCUT2D eigenvalue weighted by Crippen LogP contribution is -2.10. The molecule has 0 unspecified atom stereocenters. The van der Waals surface area contributed by atoms with Crippen LogP contribution in [0.3, 0.4) is 0 Å². The van der Waals surface area contributed by atoms with E-state index in [1.807, 2.05) is 6.07 Å². The minimum absolute atomic E-state index is 0.583. The van der Waals surface area contributed by atoms with Crippen LogP contribution in [0, 0.1) is 13.8 Å². The molecule has 0 spiro atoms. The molecule has 1 saturated carbocycles. The first kappa shape index (κ1) is 12.1. The maximum absolute atomic E-state index is 5.51. The van der Waals surface area contributed by atoms with Gasteiger partial charge in [0.05, 0.1) is 0 Å². The van der Waals surface area contributed by atoms with Gasteiger partial charge in [0, 0.05) is 23.2 Å². The van der Waals surface area contributed by atoms with E-state index in [-0.39, 0.29) is 0 Å². The van der Waals surface area contributed by atoms with Gasteiger partial charge in [0.25, 0.3) is 0 Å². The van der Waals surface area contributed by atoms with Crippen LogP contribution in [-0.4, -0.2) is 9.97 Å². The van der Waals surface area contributed by atoms with Gasteiger partial charge in [-0.3, -0.25) is 0 Å². The number of rotatable bonds is 3. The van der Waals surface area contributed by atoms with Gasteiger partial charge in [0.2, 0.25) is 0 Å². The molecule has 1 fully saturated rings. The SMILES string of the molecule is Cc1cc(C)cc(-c2nc(NN)cc(C3CC3)n2)c1. The number of hydrazine groups is 1. The predicted octanol–water partition coefficient (Wildman–Crippen LogP) is 2.92. The van der Waals surface area contributed by atoms with Crippen LogP contribution < -0.4 is 11.3 Å². The summed E-state index contributed by atoms with van der Waals surface area (Å²) in [6.45, 7) is 4.17. The van der Waals surface area contributed by atoms with Gasteiger partial charge in [-0.05, 0) is 38.8 Å². The maximum Gasteiger partial charge on any atom is 0.161 e. The van der Waals surface area contributed by atoms with E-state index in [1.54, 1.807) is 0 Å². The molecular formula is C15H18N4. The summed E-state index contributed by atoms with van der Waals surface area (Å²) in [6, 6.07) is 8.32. The van der Waals surface area contributed by atoms with Crippen molar-refractivity contribution in [1.29, 1.82) is 0 Å². The summed E-state index contributed by atoms with van der Waals surface area (Å²) in [5.74, 6) is 7.53. The molecule has 19 heavy (non-hydrogen) atoms. The van der Waals surface area contributed by atoms with E-state index in [1.165, 1.54) is 24.0 Å². The smallest absolute Gasteiger partial charge is 0.161 e. The maximum atomic E-state index is 5.51. The van der Waals surface area contributed by atoms with Gasteiger partial charge in [-0.25, -0.2) is 15.8 Å². The van der Waals surface area contributed by atoms with Crippen LogP contribution in [-0.2, 0) is 0 Å². The zero-order valence-corrected chi connectivity index (χ0v) is 11.3. The average Bonchev–Trinajstić information content (AvgIpc) is 3.21. The molecule has 3 rings (SSSR count). The summed E-state index contributed by atoms with van der Waals surface area (Å²) in [6.07, 6.45) is 2.43. The number of aryl methyl sites for hydroxylation is 2. The van der Waals surface area contributed by atoms with E-state index in [4.69, 9.17) is 5.84 Å². The predicted molar refractivity (Wildman–Crippen MR) is 76.7 cm³/mol. The third-order valence-electron chi connectivity index (χ3n) is 3.37. The third kappa shape index (κ3) is 2.58. The van der Waals surface area contributed by atoms with Crippen molar-refractivity contribution in [2.75, 3.05) is 5.43 Å².